The fourth-order valence-electron chi connectivity index (χ4n) is 1.96. The van der Waals surface area contributed by atoms with Crippen molar-refractivity contribution in [2.24, 2.45) is 0 Å². The van der Waals surface area contributed by atoms with E-state index in [1.807, 2.05) is 18.2 Å². The van der Waals surface area contributed by atoms with Gasteiger partial charge in [0.15, 0.2) is 0 Å². The van der Waals surface area contributed by atoms with Crippen LogP contribution in [0.1, 0.15) is 38.1 Å². The Kier molecular flexibility index (Phi) is 4.32. The van der Waals surface area contributed by atoms with Gasteiger partial charge in [-0.05, 0) is 26.0 Å². The summed E-state index contributed by atoms with van der Waals surface area (Å²) in [6.07, 6.45) is 0.770. The Bertz CT molecular complexity index is 505. The van der Waals surface area contributed by atoms with Crippen molar-refractivity contribution in [3.05, 3.63) is 47.7 Å². The van der Waals surface area contributed by atoms with Crippen LogP contribution in [0, 0.1) is 0 Å². The SMILES string of the molecule is CCNCCc1nnc(C(C)(C)c2ccccc2)o1. The molecule has 1 heterocycles. The second kappa shape index (κ2) is 5.97. The number of hydrogen-bond acceptors (Lipinski definition) is 4. The minimum atomic E-state index is -0.259. The number of likely N-dealkylation sites (N-methyl/N-ethyl adjacent to an activating group) is 1. The van der Waals surface area contributed by atoms with Crippen LogP contribution < -0.4 is 5.32 Å². The van der Waals surface area contributed by atoms with Crippen LogP contribution in [0.25, 0.3) is 0 Å². The van der Waals surface area contributed by atoms with Gasteiger partial charge in [0, 0.05) is 13.0 Å². The van der Waals surface area contributed by atoms with Gasteiger partial charge in [-0.1, -0.05) is 37.3 Å². The number of benzene rings is 1. The lowest BCUT2D eigenvalue weighted by Gasteiger charge is -2.20. The van der Waals surface area contributed by atoms with E-state index in [0.717, 1.165) is 19.5 Å². The molecule has 0 spiro atoms. The highest BCUT2D eigenvalue weighted by atomic mass is 16.4. The largest absolute Gasteiger partial charge is 0.424 e. The topological polar surface area (TPSA) is 51.0 Å². The lowest BCUT2D eigenvalue weighted by molar-refractivity contribution is 0.386. The lowest BCUT2D eigenvalue weighted by Crippen LogP contribution is -2.19. The third kappa shape index (κ3) is 3.20. The maximum Gasteiger partial charge on any atom is 0.226 e. The first kappa shape index (κ1) is 13.7. The number of rotatable bonds is 6. The van der Waals surface area contributed by atoms with Crippen molar-refractivity contribution in [2.45, 2.75) is 32.6 Å². The first-order valence-corrected chi connectivity index (χ1v) is 6.73. The third-order valence-electron chi connectivity index (χ3n) is 3.26. The second-order valence-corrected chi connectivity index (χ2v) is 5.10. The molecule has 0 aliphatic heterocycles. The van der Waals surface area contributed by atoms with Crippen molar-refractivity contribution < 1.29 is 4.42 Å². The normalized spacial score (nSPS) is 11.7. The Morgan fingerprint density at radius 2 is 1.89 bits per heavy atom. The summed E-state index contributed by atoms with van der Waals surface area (Å²) in [5.74, 6) is 1.37. The predicted molar refractivity (Wildman–Crippen MR) is 75.1 cm³/mol. The van der Waals surface area contributed by atoms with Gasteiger partial charge >= 0.3 is 0 Å². The van der Waals surface area contributed by atoms with E-state index < -0.39 is 0 Å². The van der Waals surface area contributed by atoms with E-state index in [2.05, 4.69) is 48.4 Å². The molecule has 0 bridgehead atoms. The van der Waals surface area contributed by atoms with Crippen LogP contribution in [-0.4, -0.2) is 23.3 Å². The molecule has 0 aliphatic rings. The molecule has 0 amide bonds. The number of hydrogen-bond donors (Lipinski definition) is 1. The van der Waals surface area contributed by atoms with Gasteiger partial charge in [-0.3, -0.25) is 0 Å². The molecule has 0 radical (unpaired) electrons. The first-order chi connectivity index (χ1) is 9.14. The molecule has 0 saturated carbocycles. The molecule has 4 heteroatoms. The van der Waals surface area contributed by atoms with Crippen molar-refractivity contribution in [2.75, 3.05) is 13.1 Å². The van der Waals surface area contributed by atoms with Gasteiger partial charge < -0.3 is 9.73 Å². The average Bonchev–Trinajstić information content (AvgIpc) is 2.90. The van der Waals surface area contributed by atoms with Crippen molar-refractivity contribution in [3.8, 4) is 0 Å². The van der Waals surface area contributed by atoms with E-state index in [9.17, 15) is 0 Å². The highest BCUT2D eigenvalue weighted by molar-refractivity contribution is 5.29. The number of nitrogens with zero attached hydrogens (tertiary/aromatic N) is 2. The molecule has 2 aromatic rings. The van der Waals surface area contributed by atoms with Crippen molar-refractivity contribution in [1.82, 2.24) is 15.5 Å². The minimum Gasteiger partial charge on any atom is -0.424 e. The molecule has 102 valence electrons. The molecule has 0 aliphatic carbocycles. The van der Waals surface area contributed by atoms with Crippen molar-refractivity contribution >= 4 is 0 Å². The summed E-state index contributed by atoms with van der Waals surface area (Å²) >= 11 is 0. The van der Waals surface area contributed by atoms with Crippen molar-refractivity contribution in [3.63, 3.8) is 0 Å². The first-order valence-electron chi connectivity index (χ1n) is 6.73. The summed E-state index contributed by atoms with van der Waals surface area (Å²) in [7, 11) is 0. The summed E-state index contributed by atoms with van der Waals surface area (Å²) in [6.45, 7) is 8.10. The highest BCUT2D eigenvalue weighted by Crippen LogP contribution is 2.30. The summed E-state index contributed by atoms with van der Waals surface area (Å²) in [6, 6.07) is 10.2. The molecule has 0 fully saturated rings. The van der Waals surface area contributed by atoms with Crippen LogP contribution in [0.15, 0.2) is 34.7 Å². The molecule has 0 saturated heterocycles. The smallest absolute Gasteiger partial charge is 0.226 e. The van der Waals surface area contributed by atoms with Crippen LogP contribution in [0.5, 0.6) is 0 Å². The van der Waals surface area contributed by atoms with Crippen LogP contribution in [-0.2, 0) is 11.8 Å². The van der Waals surface area contributed by atoms with Gasteiger partial charge in [0.25, 0.3) is 0 Å². The van der Waals surface area contributed by atoms with Crippen LogP contribution in [0.2, 0.25) is 0 Å². The average molecular weight is 259 g/mol. The molecule has 19 heavy (non-hydrogen) atoms. The van der Waals surface area contributed by atoms with Gasteiger partial charge in [-0.15, -0.1) is 10.2 Å². The summed E-state index contributed by atoms with van der Waals surface area (Å²) in [4.78, 5) is 0. The Morgan fingerprint density at radius 3 is 2.58 bits per heavy atom. The Morgan fingerprint density at radius 1 is 1.16 bits per heavy atom. The zero-order valence-electron chi connectivity index (χ0n) is 11.8. The number of nitrogens with one attached hydrogen (secondary N) is 1. The standard InChI is InChI=1S/C15H21N3O/c1-4-16-11-10-13-17-18-14(19-13)15(2,3)12-8-6-5-7-9-12/h5-9,16H,4,10-11H2,1-3H3. The quantitative estimate of drug-likeness (QED) is 0.810. The molecular formula is C15H21N3O. The zero-order chi connectivity index (χ0) is 13.7. The summed E-state index contributed by atoms with van der Waals surface area (Å²) < 4.78 is 5.79. The Hall–Kier alpha value is -1.68. The molecule has 1 aromatic carbocycles. The molecule has 1 N–H and O–H groups in total. The lowest BCUT2D eigenvalue weighted by atomic mass is 9.85. The summed E-state index contributed by atoms with van der Waals surface area (Å²) in [5.41, 5.74) is 0.918. The predicted octanol–water partition coefficient (Wildman–Crippen LogP) is 2.55. The molecular weight excluding hydrogens is 238 g/mol. The maximum atomic E-state index is 5.79. The van der Waals surface area contributed by atoms with Crippen LogP contribution in [0.4, 0.5) is 0 Å². The monoisotopic (exact) mass is 259 g/mol. The van der Waals surface area contributed by atoms with E-state index in [0.29, 0.717) is 11.8 Å². The second-order valence-electron chi connectivity index (χ2n) is 5.10. The molecule has 0 atom stereocenters. The Balaban J connectivity index is 2.13. The molecule has 2 rings (SSSR count). The van der Waals surface area contributed by atoms with Crippen LogP contribution in [0.3, 0.4) is 0 Å². The molecule has 1 aromatic heterocycles. The van der Waals surface area contributed by atoms with E-state index in [4.69, 9.17) is 4.42 Å². The van der Waals surface area contributed by atoms with Gasteiger partial charge in [0.1, 0.15) is 0 Å². The zero-order valence-corrected chi connectivity index (χ0v) is 11.8. The Labute approximate surface area is 114 Å². The maximum absolute atomic E-state index is 5.79. The van der Waals surface area contributed by atoms with Gasteiger partial charge in [-0.25, -0.2) is 0 Å². The summed E-state index contributed by atoms with van der Waals surface area (Å²) in [5, 5.41) is 11.6. The van der Waals surface area contributed by atoms with Gasteiger partial charge in [0.2, 0.25) is 11.8 Å². The van der Waals surface area contributed by atoms with E-state index >= 15 is 0 Å². The fourth-order valence-corrected chi connectivity index (χ4v) is 1.96. The van der Waals surface area contributed by atoms with Crippen molar-refractivity contribution in [1.29, 1.82) is 0 Å². The highest BCUT2D eigenvalue weighted by Gasteiger charge is 2.29. The molecule has 0 unspecified atom stereocenters. The van der Waals surface area contributed by atoms with Crippen LogP contribution >= 0.6 is 0 Å². The van der Waals surface area contributed by atoms with E-state index in [-0.39, 0.29) is 5.41 Å². The van der Waals surface area contributed by atoms with Gasteiger partial charge in [0.05, 0.1) is 5.41 Å². The molecule has 4 nitrogen and oxygen atoms in total. The van der Waals surface area contributed by atoms with Gasteiger partial charge in [-0.2, -0.15) is 0 Å². The fraction of sp³-hybridized carbons (Fsp3) is 0.467. The number of aromatic nitrogens is 2. The van der Waals surface area contributed by atoms with E-state index in [1.54, 1.807) is 0 Å². The third-order valence-corrected chi connectivity index (χ3v) is 3.26. The minimum absolute atomic E-state index is 0.259. The van der Waals surface area contributed by atoms with E-state index in [1.165, 1.54) is 5.56 Å².